The highest BCUT2D eigenvalue weighted by molar-refractivity contribution is 9.10. The number of carbonyl (C=O) groups is 1. The Morgan fingerprint density at radius 3 is 2.58 bits per heavy atom. The molecule has 1 nitrogen and oxygen atoms in total. The normalized spacial score (nSPS) is 21.2. The second-order valence-corrected chi connectivity index (χ2v) is 6.06. The van der Waals surface area contributed by atoms with Crippen molar-refractivity contribution in [1.82, 2.24) is 0 Å². The van der Waals surface area contributed by atoms with Crippen molar-refractivity contribution < 1.29 is 4.79 Å². The van der Waals surface area contributed by atoms with Crippen LogP contribution in [0.5, 0.6) is 0 Å². The summed E-state index contributed by atoms with van der Waals surface area (Å²) in [7, 11) is 0. The fraction of sp³-hybridized carbons (Fsp3) is 0.188. The Morgan fingerprint density at radius 1 is 1.11 bits per heavy atom. The number of ketones is 1. The fourth-order valence-corrected chi connectivity index (χ4v) is 3.03. The predicted molar refractivity (Wildman–Crippen MR) is 80.8 cm³/mol. The van der Waals surface area contributed by atoms with E-state index < -0.39 is 0 Å². The fourth-order valence-electron chi connectivity index (χ4n) is 2.45. The van der Waals surface area contributed by atoms with Crippen LogP contribution in [0.15, 0.2) is 53.0 Å². The van der Waals surface area contributed by atoms with Gasteiger partial charge in [0, 0.05) is 16.0 Å². The Balaban J connectivity index is 1.82. The summed E-state index contributed by atoms with van der Waals surface area (Å²) in [6, 6.07) is 15.7. The zero-order valence-electron chi connectivity index (χ0n) is 10.1. The lowest BCUT2D eigenvalue weighted by molar-refractivity contribution is 0.0965. The molecule has 0 amide bonds. The predicted octanol–water partition coefficient (Wildman–Crippen LogP) is 5.09. The molecule has 0 N–H and O–H groups in total. The highest BCUT2D eigenvalue weighted by Crippen LogP contribution is 2.49. The molecule has 0 spiro atoms. The molecule has 0 heterocycles. The SMILES string of the molecule is O=C(c1cccc(Br)c1Cl)C1CC1c1ccccc1. The molecule has 0 aliphatic heterocycles. The molecule has 2 aromatic rings. The number of halogens is 2. The van der Waals surface area contributed by atoms with Crippen molar-refractivity contribution >= 4 is 33.3 Å². The van der Waals surface area contributed by atoms with Crippen LogP contribution >= 0.6 is 27.5 Å². The summed E-state index contributed by atoms with van der Waals surface area (Å²) in [5.41, 5.74) is 1.87. The summed E-state index contributed by atoms with van der Waals surface area (Å²) in [6.07, 6.45) is 0.922. The molecular weight excluding hydrogens is 324 g/mol. The largest absolute Gasteiger partial charge is 0.294 e. The van der Waals surface area contributed by atoms with E-state index in [1.807, 2.05) is 30.3 Å². The minimum absolute atomic E-state index is 0.0780. The highest BCUT2D eigenvalue weighted by Gasteiger charge is 2.44. The molecule has 2 aromatic carbocycles. The molecule has 0 aromatic heterocycles. The van der Waals surface area contributed by atoms with Crippen LogP contribution in [0.1, 0.15) is 28.3 Å². The molecule has 2 atom stereocenters. The third-order valence-electron chi connectivity index (χ3n) is 3.57. The summed E-state index contributed by atoms with van der Waals surface area (Å²) >= 11 is 9.55. The van der Waals surface area contributed by atoms with Crippen LogP contribution in [-0.4, -0.2) is 5.78 Å². The molecular formula is C16H12BrClO. The summed E-state index contributed by atoms with van der Waals surface area (Å²) < 4.78 is 0.775. The number of hydrogen-bond acceptors (Lipinski definition) is 1. The van der Waals surface area contributed by atoms with Gasteiger partial charge in [-0.3, -0.25) is 4.79 Å². The lowest BCUT2D eigenvalue weighted by atomic mass is 10.0. The Morgan fingerprint density at radius 2 is 1.84 bits per heavy atom. The van der Waals surface area contributed by atoms with Gasteiger partial charge in [0.1, 0.15) is 0 Å². The van der Waals surface area contributed by atoms with Gasteiger partial charge in [0.15, 0.2) is 5.78 Å². The first kappa shape index (κ1) is 12.9. The Labute approximate surface area is 125 Å². The average Bonchev–Trinajstić information content (AvgIpc) is 3.22. The lowest BCUT2D eigenvalue weighted by Gasteiger charge is -2.05. The van der Waals surface area contributed by atoms with E-state index in [1.54, 1.807) is 6.07 Å². The molecule has 1 aliphatic rings. The van der Waals surface area contributed by atoms with E-state index in [0.717, 1.165) is 10.9 Å². The van der Waals surface area contributed by atoms with Crippen LogP contribution in [0.25, 0.3) is 0 Å². The topological polar surface area (TPSA) is 17.1 Å². The average molecular weight is 336 g/mol. The van der Waals surface area contributed by atoms with Gasteiger partial charge in [-0.2, -0.15) is 0 Å². The number of benzene rings is 2. The van der Waals surface area contributed by atoms with Crippen LogP contribution in [-0.2, 0) is 0 Å². The quantitative estimate of drug-likeness (QED) is 0.714. The molecule has 3 heteroatoms. The summed E-state index contributed by atoms with van der Waals surface area (Å²) in [4.78, 5) is 12.5. The molecule has 0 saturated heterocycles. The van der Waals surface area contributed by atoms with Crippen LogP contribution < -0.4 is 0 Å². The molecule has 1 saturated carbocycles. The van der Waals surface area contributed by atoms with Gasteiger partial charge < -0.3 is 0 Å². The maximum Gasteiger partial charge on any atom is 0.168 e. The molecule has 96 valence electrons. The lowest BCUT2D eigenvalue weighted by Crippen LogP contribution is -2.04. The number of Topliss-reactive ketones (excluding diaryl/α,β-unsaturated/α-hetero) is 1. The number of carbonyl (C=O) groups excluding carboxylic acids is 1. The summed E-state index contributed by atoms with van der Waals surface area (Å²) in [5, 5.41) is 0.520. The van der Waals surface area contributed by atoms with Crippen molar-refractivity contribution in [3.8, 4) is 0 Å². The number of rotatable bonds is 3. The minimum Gasteiger partial charge on any atom is -0.294 e. The third-order valence-corrected chi connectivity index (χ3v) is 4.87. The Hall–Kier alpha value is -1.12. The van der Waals surface area contributed by atoms with E-state index in [4.69, 9.17) is 11.6 Å². The zero-order valence-corrected chi connectivity index (χ0v) is 12.5. The van der Waals surface area contributed by atoms with Crippen molar-refractivity contribution in [2.45, 2.75) is 12.3 Å². The van der Waals surface area contributed by atoms with Gasteiger partial charge in [-0.15, -0.1) is 0 Å². The van der Waals surface area contributed by atoms with E-state index in [0.29, 0.717) is 16.5 Å². The first-order valence-electron chi connectivity index (χ1n) is 6.21. The van der Waals surface area contributed by atoms with Gasteiger partial charge in [0.25, 0.3) is 0 Å². The minimum atomic E-state index is 0.0780. The first-order valence-corrected chi connectivity index (χ1v) is 7.38. The van der Waals surface area contributed by atoms with Crippen molar-refractivity contribution in [3.05, 3.63) is 69.2 Å². The zero-order chi connectivity index (χ0) is 13.4. The van der Waals surface area contributed by atoms with E-state index in [9.17, 15) is 4.79 Å². The van der Waals surface area contributed by atoms with Crippen LogP contribution in [0.3, 0.4) is 0 Å². The monoisotopic (exact) mass is 334 g/mol. The molecule has 0 radical (unpaired) electrons. The van der Waals surface area contributed by atoms with Crippen molar-refractivity contribution in [3.63, 3.8) is 0 Å². The van der Waals surface area contributed by atoms with Crippen molar-refractivity contribution in [2.75, 3.05) is 0 Å². The molecule has 0 bridgehead atoms. The Kier molecular flexibility index (Phi) is 3.46. The second kappa shape index (κ2) is 5.10. The van der Waals surface area contributed by atoms with Crippen LogP contribution in [0, 0.1) is 5.92 Å². The van der Waals surface area contributed by atoms with E-state index in [2.05, 4.69) is 28.1 Å². The summed E-state index contributed by atoms with van der Waals surface area (Å²) in [6.45, 7) is 0. The highest BCUT2D eigenvalue weighted by atomic mass is 79.9. The molecule has 19 heavy (non-hydrogen) atoms. The van der Waals surface area contributed by atoms with Gasteiger partial charge in [-0.1, -0.05) is 48.0 Å². The molecule has 2 unspecified atom stereocenters. The second-order valence-electron chi connectivity index (χ2n) is 4.83. The van der Waals surface area contributed by atoms with Crippen LogP contribution in [0.4, 0.5) is 0 Å². The van der Waals surface area contributed by atoms with Crippen molar-refractivity contribution in [1.29, 1.82) is 0 Å². The molecule has 1 aliphatic carbocycles. The van der Waals surface area contributed by atoms with Gasteiger partial charge in [0.2, 0.25) is 0 Å². The van der Waals surface area contributed by atoms with Crippen molar-refractivity contribution in [2.24, 2.45) is 5.92 Å². The summed E-state index contributed by atoms with van der Waals surface area (Å²) in [5.74, 6) is 0.582. The van der Waals surface area contributed by atoms with Gasteiger partial charge in [-0.25, -0.2) is 0 Å². The Bertz CT molecular complexity index is 624. The van der Waals surface area contributed by atoms with E-state index in [-0.39, 0.29) is 11.7 Å². The van der Waals surface area contributed by atoms with E-state index in [1.165, 1.54) is 5.56 Å². The maximum absolute atomic E-state index is 12.5. The third kappa shape index (κ3) is 2.47. The molecule has 1 fully saturated rings. The standard InChI is InChI=1S/C16H12BrClO/c17-14-8-4-7-11(15(14)18)16(19)13-9-12(13)10-5-2-1-3-6-10/h1-8,12-13H,9H2. The van der Waals surface area contributed by atoms with E-state index >= 15 is 0 Å². The van der Waals surface area contributed by atoms with Gasteiger partial charge in [0.05, 0.1) is 5.02 Å². The van der Waals surface area contributed by atoms with Gasteiger partial charge >= 0.3 is 0 Å². The smallest absolute Gasteiger partial charge is 0.168 e. The number of hydrogen-bond donors (Lipinski definition) is 0. The van der Waals surface area contributed by atoms with Crippen LogP contribution in [0.2, 0.25) is 5.02 Å². The first-order chi connectivity index (χ1) is 9.18. The van der Waals surface area contributed by atoms with Gasteiger partial charge in [-0.05, 0) is 46.0 Å². The molecule has 3 rings (SSSR count). The maximum atomic E-state index is 12.5.